The first kappa shape index (κ1) is 18.5. The van der Waals surface area contributed by atoms with Crippen LogP contribution in [0, 0.1) is 0 Å². The number of rotatable bonds is 6. The van der Waals surface area contributed by atoms with Crippen molar-refractivity contribution in [2.75, 3.05) is 50.8 Å². The second kappa shape index (κ2) is 10.0. The molecule has 5 nitrogen and oxygen atoms in total. The van der Waals surface area contributed by atoms with E-state index in [1.165, 1.54) is 24.6 Å². The SMILES string of the molecule is O=C(NCCOCc1ccccc1)N1CCC(N2CCSCC2)CC1. The van der Waals surface area contributed by atoms with Gasteiger partial charge in [-0.3, -0.25) is 4.90 Å². The first-order valence-corrected chi connectivity index (χ1v) is 10.4. The van der Waals surface area contributed by atoms with Crippen LogP contribution in [0.2, 0.25) is 0 Å². The zero-order valence-corrected chi connectivity index (χ0v) is 15.7. The molecule has 2 amide bonds. The van der Waals surface area contributed by atoms with E-state index in [2.05, 4.69) is 22.0 Å². The molecule has 0 unspecified atom stereocenters. The lowest BCUT2D eigenvalue weighted by atomic mass is 10.0. The van der Waals surface area contributed by atoms with Crippen molar-refractivity contribution in [3.8, 4) is 0 Å². The molecule has 3 rings (SSSR count). The number of thioether (sulfide) groups is 1. The minimum Gasteiger partial charge on any atom is -0.375 e. The Balaban J connectivity index is 1.27. The highest BCUT2D eigenvalue weighted by Gasteiger charge is 2.27. The Labute approximate surface area is 155 Å². The van der Waals surface area contributed by atoms with Crippen LogP contribution in [0.3, 0.4) is 0 Å². The average Bonchev–Trinajstić information content (AvgIpc) is 2.69. The van der Waals surface area contributed by atoms with Gasteiger partial charge in [0.25, 0.3) is 0 Å². The number of carbonyl (C=O) groups is 1. The van der Waals surface area contributed by atoms with Gasteiger partial charge >= 0.3 is 6.03 Å². The van der Waals surface area contributed by atoms with Gasteiger partial charge < -0.3 is 15.0 Å². The summed E-state index contributed by atoms with van der Waals surface area (Å²) < 4.78 is 5.61. The van der Waals surface area contributed by atoms with Gasteiger partial charge in [-0.25, -0.2) is 4.79 Å². The van der Waals surface area contributed by atoms with Gasteiger partial charge in [-0.2, -0.15) is 11.8 Å². The summed E-state index contributed by atoms with van der Waals surface area (Å²) in [5.41, 5.74) is 1.16. The summed E-state index contributed by atoms with van der Waals surface area (Å²) in [4.78, 5) is 16.8. The molecule has 2 heterocycles. The monoisotopic (exact) mass is 363 g/mol. The number of nitrogens with zero attached hydrogens (tertiary/aromatic N) is 2. The van der Waals surface area contributed by atoms with E-state index in [1.54, 1.807) is 0 Å². The molecule has 1 aromatic rings. The molecule has 0 bridgehead atoms. The van der Waals surface area contributed by atoms with Crippen molar-refractivity contribution in [1.29, 1.82) is 0 Å². The maximum Gasteiger partial charge on any atom is 0.317 e. The molecule has 0 aromatic heterocycles. The Kier molecular flexibility index (Phi) is 7.45. The third-order valence-corrected chi connectivity index (χ3v) is 5.89. The number of benzene rings is 1. The summed E-state index contributed by atoms with van der Waals surface area (Å²) in [6.45, 7) is 5.85. The molecular weight excluding hydrogens is 334 g/mol. The fraction of sp³-hybridized carbons (Fsp3) is 0.632. The Morgan fingerprint density at radius 3 is 2.56 bits per heavy atom. The van der Waals surface area contributed by atoms with Crippen LogP contribution in [-0.4, -0.2) is 72.7 Å². The lowest BCUT2D eigenvalue weighted by molar-refractivity contribution is 0.112. The van der Waals surface area contributed by atoms with E-state index in [0.717, 1.165) is 31.5 Å². The van der Waals surface area contributed by atoms with Crippen LogP contribution in [0.4, 0.5) is 4.79 Å². The van der Waals surface area contributed by atoms with E-state index >= 15 is 0 Å². The normalized spacial score (nSPS) is 19.8. The molecule has 2 fully saturated rings. The lowest BCUT2D eigenvalue weighted by Crippen LogP contribution is -2.51. The van der Waals surface area contributed by atoms with Crippen LogP contribution in [0.5, 0.6) is 0 Å². The molecule has 2 saturated heterocycles. The van der Waals surface area contributed by atoms with Crippen molar-refractivity contribution in [2.24, 2.45) is 0 Å². The van der Waals surface area contributed by atoms with E-state index in [9.17, 15) is 4.79 Å². The van der Waals surface area contributed by atoms with Crippen molar-refractivity contribution >= 4 is 17.8 Å². The highest BCUT2D eigenvalue weighted by Crippen LogP contribution is 2.20. The Morgan fingerprint density at radius 2 is 1.84 bits per heavy atom. The third kappa shape index (κ3) is 5.90. The average molecular weight is 364 g/mol. The second-order valence-corrected chi connectivity index (χ2v) is 7.86. The van der Waals surface area contributed by atoms with Crippen LogP contribution in [0.1, 0.15) is 18.4 Å². The first-order chi connectivity index (χ1) is 12.3. The molecule has 0 atom stereocenters. The number of hydrogen-bond donors (Lipinski definition) is 1. The standard InChI is InChI=1S/C19H29N3O2S/c23-19(20-8-13-24-16-17-4-2-1-3-5-17)22-9-6-18(7-10-22)21-11-14-25-15-12-21/h1-5,18H,6-16H2,(H,20,23). The number of amides is 2. The lowest BCUT2D eigenvalue weighted by Gasteiger charge is -2.40. The van der Waals surface area contributed by atoms with Crippen LogP contribution < -0.4 is 5.32 Å². The van der Waals surface area contributed by atoms with Gasteiger partial charge in [0.15, 0.2) is 0 Å². The number of carbonyl (C=O) groups excluding carboxylic acids is 1. The van der Waals surface area contributed by atoms with Gasteiger partial charge in [0.05, 0.1) is 13.2 Å². The third-order valence-electron chi connectivity index (χ3n) is 4.95. The van der Waals surface area contributed by atoms with Gasteiger partial charge in [0.1, 0.15) is 0 Å². The molecular formula is C19H29N3O2S. The van der Waals surface area contributed by atoms with Gasteiger partial charge in [-0.05, 0) is 18.4 Å². The molecule has 0 spiro atoms. The van der Waals surface area contributed by atoms with Gasteiger partial charge in [0, 0.05) is 50.3 Å². The zero-order valence-electron chi connectivity index (χ0n) is 14.9. The van der Waals surface area contributed by atoms with E-state index in [1.807, 2.05) is 35.2 Å². The summed E-state index contributed by atoms with van der Waals surface area (Å²) >= 11 is 2.05. The van der Waals surface area contributed by atoms with Crippen molar-refractivity contribution in [1.82, 2.24) is 15.1 Å². The molecule has 1 aromatic carbocycles. The molecule has 2 aliphatic heterocycles. The molecule has 138 valence electrons. The highest BCUT2D eigenvalue weighted by molar-refractivity contribution is 7.99. The summed E-state index contributed by atoms with van der Waals surface area (Å²) in [6, 6.07) is 10.8. The smallest absolute Gasteiger partial charge is 0.317 e. The van der Waals surface area contributed by atoms with E-state index in [-0.39, 0.29) is 6.03 Å². The van der Waals surface area contributed by atoms with Gasteiger partial charge in [-0.1, -0.05) is 30.3 Å². The second-order valence-electron chi connectivity index (χ2n) is 6.64. The van der Waals surface area contributed by atoms with Crippen LogP contribution >= 0.6 is 11.8 Å². The van der Waals surface area contributed by atoms with Crippen molar-refractivity contribution in [3.63, 3.8) is 0 Å². The van der Waals surface area contributed by atoms with Crippen molar-refractivity contribution in [3.05, 3.63) is 35.9 Å². The minimum absolute atomic E-state index is 0.0518. The van der Waals surface area contributed by atoms with E-state index < -0.39 is 0 Å². The maximum absolute atomic E-state index is 12.3. The fourth-order valence-corrected chi connectivity index (χ4v) is 4.41. The molecule has 0 radical (unpaired) electrons. The minimum atomic E-state index is 0.0518. The number of nitrogens with one attached hydrogen (secondary N) is 1. The molecule has 1 N–H and O–H groups in total. The highest BCUT2D eigenvalue weighted by atomic mass is 32.2. The molecule has 0 saturated carbocycles. The molecule has 6 heteroatoms. The van der Waals surface area contributed by atoms with Crippen molar-refractivity contribution in [2.45, 2.75) is 25.5 Å². The predicted octanol–water partition coefficient (Wildman–Crippen LogP) is 2.43. The summed E-state index contributed by atoms with van der Waals surface area (Å²) in [5.74, 6) is 2.51. The van der Waals surface area contributed by atoms with Crippen molar-refractivity contribution < 1.29 is 9.53 Å². The molecule has 0 aliphatic carbocycles. The largest absolute Gasteiger partial charge is 0.375 e. The van der Waals surface area contributed by atoms with Crippen LogP contribution in [0.15, 0.2) is 30.3 Å². The fourth-order valence-electron chi connectivity index (χ4n) is 3.48. The van der Waals surface area contributed by atoms with E-state index in [4.69, 9.17) is 4.74 Å². The first-order valence-electron chi connectivity index (χ1n) is 9.29. The predicted molar refractivity (Wildman–Crippen MR) is 103 cm³/mol. The number of ether oxygens (including phenoxy) is 1. The Hall–Kier alpha value is -1.24. The van der Waals surface area contributed by atoms with Gasteiger partial charge in [-0.15, -0.1) is 0 Å². The number of hydrogen-bond acceptors (Lipinski definition) is 4. The number of piperidine rings is 1. The van der Waals surface area contributed by atoms with Crippen LogP contribution in [-0.2, 0) is 11.3 Å². The summed E-state index contributed by atoms with van der Waals surface area (Å²) in [6.07, 6.45) is 2.20. The van der Waals surface area contributed by atoms with Crippen LogP contribution in [0.25, 0.3) is 0 Å². The quantitative estimate of drug-likeness (QED) is 0.789. The summed E-state index contributed by atoms with van der Waals surface area (Å²) in [7, 11) is 0. The number of urea groups is 1. The molecule has 25 heavy (non-hydrogen) atoms. The summed E-state index contributed by atoms with van der Waals surface area (Å²) in [5, 5.41) is 2.98. The Morgan fingerprint density at radius 1 is 1.12 bits per heavy atom. The molecule has 2 aliphatic rings. The Bertz CT molecular complexity index is 515. The maximum atomic E-state index is 12.3. The van der Waals surface area contributed by atoms with Gasteiger partial charge in [0.2, 0.25) is 0 Å². The zero-order chi connectivity index (χ0) is 17.3. The van der Waals surface area contributed by atoms with E-state index in [0.29, 0.717) is 25.8 Å². The number of likely N-dealkylation sites (tertiary alicyclic amines) is 1. The topological polar surface area (TPSA) is 44.8 Å².